The van der Waals surface area contributed by atoms with Gasteiger partial charge in [-0.3, -0.25) is 4.79 Å². The molecule has 0 spiro atoms. The number of nitrogens with one attached hydrogen (secondary N) is 1. The third-order valence-electron chi connectivity index (χ3n) is 3.74. The molecule has 20 heavy (non-hydrogen) atoms. The standard InChI is InChI=1S/C16H24N2O2/c1-18(13-14-7-10-17-11-8-14)16(19)9-12-20-15-5-3-2-4-6-15/h2-6,14,17H,7-13H2,1H3. The number of ether oxygens (including phenoxy) is 1. The van der Waals surface area contributed by atoms with E-state index in [0.29, 0.717) is 18.9 Å². The molecule has 1 amide bonds. The van der Waals surface area contributed by atoms with Crippen LogP contribution in [0.15, 0.2) is 30.3 Å². The summed E-state index contributed by atoms with van der Waals surface area (Å²) < 4.78 is 5.56. The maximum absolute atomic E-state index is 12.0. The Morgan fingerprint density at radius 1 is 1.30 bits per heavy atom. The predicted molar refractivity (Wildman–Crippen MR) is 79.8 cm³/mol. The summed E-state index contributed by atoms with van der Waals surface area (Å²) >= 11 is 0. The van der Waals surface area contributed by atoms with Crippen LogP contribution in [-0.4, -0.2) is 44.1 Å². The molecule has 0 aliphatic carbocycles. The van der Waals surface area contributed by atoms with Crippen molar-refractivity contribution in [2.45, 2.75) is 19.3 Å². The number of carbonyl (C=O) groups excluding carboxylic acids is 1. The molecule has 4 nitrogen and oxygen atoms in total. The number of benzene rings is 1. The molecule has 1 heterocycles. The smallest absolute Gasteiger partial charge is 0.225 e. The van der Waals surface area contributed by atoms with Crippen LogP contribution in [0.4, 0.5) is 0 Å². The van der Waals surface area contributed by atoms with Gasteiger partial charge in [-0.15, -0.1) is 0 Å². The second-order valence-electron chi connectivity index (χ2n) is 5.38. The van der Waals surface area contributed by atoms with Crippen LogP contribution in [0.25, 0.3) is 0 Å². The summed E-state index contributed by atoms with van der Waals surface area (Å²) in [6, 6.07) is 9.62. The third-order valence-corrected chi connectivity index (χ3v) is 3.74. The van der Waals surface area contributed by atoms with E-state index in [9.17, 15) is 4.79 Å². The van der Waals surface area contributed by atoms with Gasteiger partial charge in [-0.05, 0) is 44.0 Å². The highest BCUT2D eigenvalue weighted by Crippen LogP contribution is 2.13. The van der Waals surface area contributed by atoms with Crippen LogP contribution in [0.5, 0.6) is 5.75 Å². The van der Waals surface area contributed by atoms with Crippen molar-refractivity contribution in [3.8, 4) is 5.75 Å². The zero-order valence-electron chi connectivity index (χ0n) is 12.2. The molecule has 0 saturated carbocycles. The summed E-state index contributed by atoms with van der Waals surface area (Å²) in [5.74, 6) is 1.63. The Labute approximate surface area is 121 Å². The minimum Gasteiger partial charge on any atom is -0.493 e. The van der Waals surface area contributed by atoms with E-state index in [1.807, 2.05) is 42.3 Å². The van der Waals surface area contributed by atoms with Gasteiger partial charge < -0.3 is 15.0 Å². The first kappa shape index (κ1) is 14.9. The van der Waals surface area contributed by atoms with Gasteiger partial charge in [-0.1, -0.05) is 18.2 Å². The Balaban J connectivity index is 1.65. The van der Waals surface area contributed by atoms with E-state index in [-0.39, 0.29) is 5.91 Å². The molecule has 4 heteroatoms. The number of carbonyl (C=O) groups is 1. The van der Waals surface area contributed by atoms with Crippen molar-refractivity contribution in [3.05, 3.63) is 30.3 Å². The monoisotopic (exact) mass is 276 g/mol. The lowest BCUT2D eigenvalue weighted by atomic mass is 9.97. The molecule has 1 N–H and O–H groups in total. The van der Waals surface area contributed by atoms with Crippen LogP contribution < -0.4 is 10.1 Å². The Hall–Kier alpha value is -1.55. The predicted octanol–water partition coefficient (Wildman–Crippen LogP) is 1.91. The summed E-state index contributed by atoms with van der Waals surface area (Å²) in [5, 5.41) is 3.35. The highest BCUT2D eigenvalue weighted by Gasteiger charge is 2.17. The van der Waals surface area contributed by atoms with Crippen LogP contribution in [0.1, 0.15) is 19.3 Å². The van der Waals surface area contributed by atoms with Crippen molar-refractivity contribution in [1.29, 1.82) is 0 Å². The van der Waals surface area contributed by atoms with E-state index in [1.54, 1.807) is 0 Å². The number of rotatable bonds is 6. The zero-order valence-corrected chi connectivity index (χ0v) is 12.2. The number of piperidine rings is 1. The van der Waals surface area contributed by atoms with Crippen LogP contribution >= 0.6 is 0 Å². The molecule has 1 aliphatic rings. The van der Waals surface area contributed by atoms with Crippen LogP contribution in [0, 0.1) is 5.92 Å². The number of hydrogen-bond acceptors (Lipinski definition) is 3. The third kappa shape index (κ3) is 4.85. The highest BCUT2D eigenvalue weighted by atomic mass is 16.5. The van der Waals surface area contributed by atoms with Gasteiger partial charge in [-0.25, -0.2) is 0 Å². The first-order chi connectivity index (χ1) is 9.75. The molecular weight excluding hydrogens is 252 g/mol. The number of para-hydroxylation sites is 1. The summed E-state index contributed by atoms with van der Waals surface area (Å²) in [6.07, 6.45) is 2.77. The number of amides is 1. The van der Waals surface area contributed by atoms with Crippen LogP contribution in [0.3, 0.4) is 0 Å². The minimum absolute atomic E-state index is 0.166. The highest BCUT2D eigenvalue weighted by molar-refractivity contribution is 5.76. The minimum atomic E-state index is 0.166. The van der Waals surface area contributed by atoms with Crippen molar-refractivity contribution in [1.82, 2.24) is 10.2 Å². The van der Waals surface area contributed by atoms with E-state index in [4.69, 9.17) is 4.74 Å². The van der Waals surface area contributed by atoms with E-state index in [0.717, 1.165) is 38.2 Å². The largest absolute Gasteiger partial charge is 0.493 e. The Kier molecular flexibility index (Phi) is 5.87. The van der Waals surface area contributed by atoms with Gasteiger partial charge in [-0.2, -0.15) is 0 Å². The van der Waals surface area contributed by atoms with Gasteiger partial charge in [0.1, 0.15) is 5.75 Å². The normalized spacial score (nSPS) is 15.8. The molecule has 1 aromatic rings. The summed E-state index contributed by atoms with van der Waals surface area (Å²) in [6.45, 7) is 3.46. The lowest BCUT2D eigenvalue weighted by Gasteiger charge is -2.27. The summed E-state index contributed by atoms with van der Waals surface area (Å²) in [5.41, 5.74) is 0. The fraction of sp³-hybridized carbons (Fsp3) is 0.562. The lowest BCUT2D eigenvalue weighted by Crippen LogP contribution is -2.37. The van der Waals surface area contributed by atoms with Crippen molar-refractivity contribution in [2.75, 3.05) is 33.3 Å². The van der Waals surface area contributed by atoms with Crippen molar-refractivity contribution in [2.24, 2.45) is 5.92 Å². The maximum atomic E-state index is 12.0. The topological polar surface area (TPSA) is 41.6 Å². The van der Waals surface area contributed by atoms with Gasteiger partial charge in [0.05, 0.1) is 13.0 Å². The van der Waals surface area contributed by atoms with E-state index >= 15 is 0 Å². The Morgan fingerprint density at radius 3 is 2.70 bits per heavy atom. The molecule has 1 aromatic carbocycles. The van der Waals surface area contributed by atoms with Gasteiger partial charge in [0.15, 0.2) is 0 Å². The molecule has 0 atom stereocenters. The maximum Gasteiger partial charge on any atom is 0.225 e. The average Bonchev–Trinajstić information content (AvgIpc) is 2.49. The van der Waals surface area contributed by atoms with E-state index in [2.05, 4.69) is 5.32 Å². The SMILES string of the molecule is CN(CC1CCNCC1)C(=O)CCOc1ccccc1. The quantitative estimate of drug-likeness (QED) is 0.863. The first-order valence-electron chi connectivity index (χ1n) is 7.38. The van der Waals surface area contributed by atoms with Gasteiger partial charge >= 0.3 is 0 Å². The zero-order chi connectivity index (χ0) is 14.2. The van der Waals surface area contributed by atoms with E-state index in [1.165, 1.54) is 0 Å². The molecular formula is C16H24N2O2. The second-order valence-corrected chi connectivity index (χ2v) is 5.38. The van der Waals surface area contributed by atoms with Crippen molar-refractivity contribution >= 4 is 5.91 Å². The van der Waals surface area contributed by atoms with Crippen molar-refractivity contribution in [3.63, 3.8) is 0 Å². The molecule has 0 bridgehead atoms. The fourth-order valence-corrected chi connectivity index (χ4v) is 2.52. The Bertz CT molecular complexity index is 402. The molecule has 2 rings (SSSR count). The average molecular weight is 276 g/mol. The van der Waals surface area contributed by atoms with Gasteiger partial charge in [0.2, 0.25) is 5.91 Å². The lowest BCUT2D eigenvalue weighted by molar-refractivity contribution is -0.131. The summed E-state index contributed by atoms with van der Waals surface area (Å²) in [7, 11) is 1.90. The number of nitrogens with zero attached hydrogens (tertiary/aromatic N) is 1. The number of hydrogen-bond donors (Lipinski definition) is 1. The van der Waals surface area contributed by atoms with Gasteiger partial charge in [0.25, 0.3) is 0 Å². The van der Waals surface area contributed by atoms with Gasteiger partial charge in [0, 0.05) is 13.6 Å². The summed E-state index contributed by atoms with van der Waals surface area (Å²) in [4.78, 5) is 13.9. The molecule has 0 aromatic heterocycles. The Morgan fingerprint density at radius 2 is 2.00 bits per heavy atom. The van der Waals surface area contributed by atoms with Crippen LogP contribution in [-0.2, 0) is 4.79 Å². The second kappa shape index (κ2) is 7.90. The molecule has 0 unspecified atom stereocenters. The first-order valence-corrected chi connectivity index (χ1v) is 7.38. The van der Waals surface area contributed by atoms with E-state index < -0.39 is 0 Å². The van der Waals surface area contributed by atoms with Crippen molar-refractivity contribution < 1.29 is 9.53 Å². The fourth-order valence-electron chi connectivity index (χ4n) is 2.52. The molecule has 0 radical (unpaired) electrons. The molecule has 1 saturated heterocycles. The molecule has 1 aliphatic heterocycles. The molecule has 110 valence electrons. The van der Waals surface area contributed by atoms with Crippen LogP contribution in [0.2, 0.25) is 0 Å². The molecule has 1 fully saturated rings.